The normalized spacial score (nSPS) is 12.5. The van der Waals surface area contributed by atoms with Gasteiger partial charge < -0.3 is 5.32 Å². The van der Waals surface area contributed by atoms with E-state index in [1.54, 1.807) is 0 Å². The van der Waals surface area contributed by atoms with Gasteiger partial charge in [-0.3, -0.25) is 0 Å². The van der Waals surface area contributed by atoms with Crippen molar-refractivity contribution in [3.8, 4) is 11.3 Å². The van der Waals surface area contributed by atoms with Crippen LogP contribution in [0.5, 0.6) is 0 Å². The molecule has 2 aromatic rings. The zero-order valence-corrected chi connectivity index (χ0v) is 13.1. The maximum atomic E-state index is 4.31. The van der Waals surface area contributed by atoms with Crippen molar-refractivity contribution in [3.05, 3.63) is 36.0 Å². The first-order valence-corrected chi connectivity index (χ1v) is 8.03. The standard InChI is InChI=1S/C17H26N4/c1-3-5-12-15(9-4-2)18-13-16-17(20-21-19-16)14-10-7-6-8-11-14/h6-8,10-11,15,18H,3-5,9,12-13H2,1-2H3,(H,19,20,21). The predicted molar refractivity (Wildman–Crippen MR) is 86.9 cm³/mol. The second kappa shape index (κ2) is 8.57. The molecule has 0 aliphatic heterocycles. The van der Waals surface area contributed by atoms with Crippen molar-refractivity contribution in [2.45, 2.75) is 58.5 Å². The van der Waals surface area contributed by atoms with Crippen LogP contribution < -0.4 is 5.32 Å². The molecule has 4 heteroatoms. The first kappa shape index (κ1) is 15.7. The van der Waals surface area contributed by atoms with E-state index in [0.29, 0.717) is 6.04 Å². The van der Waals surface area contributed by atoms with Crippen molar-refractivity contribution in [1.29, 1.82) is 0 Å². The highest BCUT2D eigenvalue weighted by Gasteiger charge is 2.12. The van der Waals surface area contributed by atoms with E-state index in [0.717, 1.165) is 23.5 Å². The van der Waals surface area contributed by atoms with Gasteiger partial charge in [-0.2, -0.15) is 15.4 Å². The van der Waals surface area contributed by atoms with Crippen molar-refractivity contribution in [1.82, 2.24) is 20.7 Å². The van der Waals surface area contributed by atoms with Crippen LogP contribution in [-0.2, 0) is 6.54 Å². The number of hydrogen-bond acceptors (Lipinski definition) is 3. The minimum Gasteiger partial charge on any atom is -0.308 e. The monoisotopic (exact) mass is 286 g/mol. The largest absolute Gasteiger partial charge is 0.308 e. The molecule has 21 heavy (non-hydrogen) atoms. The van der Waals surface area contributed by atoms with Crippen molar-refractivity contribution in [2.24, 2.45) is 0 Å². The van der Waals surface area contributed by atoms with Crippen LogP contribution >= 0.6 is 0 Å². The van der Waals surface area contributed by atoms with Crippen molar-refractivity contribution < 1.29 is 0 Å². The van der Waals surface area contributed by atoms with Crippen LogP contribution in [0.25, 0.3) is 11.3 Å². The summed E-state index contributed by atoms with van der Waals surface area (Å²) in [7, 11) is 0. The van der Waals surface area contributed by atoms with Crippen LogP contribution in [0.1, 0.15) is 51.6 Å². The molecule has 0 aliphatic carbocycles. The molecule has 1 heterocycles. The molecule has 0 spiro atoms. The van der Waals surface area contributed by atoms with Gasteiger partial charge >= 0.3 is 0 Å². The molecule has 0 fully saturated rings. The van der Waals surface area contributed by atoms with E-state index in [4.69, 9.17) is 0 Å². The average Bonchev–Trinajstić information content (AvgIpc) is 2.99. The third kappa shape index (κ3) is 4.67. The Morgan fingerprint density at radius 1 is 1.05 bits per heavy atom. The molecule has 114 valence electrons. The smallest absolute Gasteiger partial charge is 0.117 e. The Balaban J connectivity index is 1.98. The predicted octanol–water partition coefficient (Wildman–Crippen LogP) is 3.92. The molecule has 0 bridgehead atoms. The van der Waals surface area contributed by atoms with Gasteiger partial charge in [0.2, 0.25) is 0 Å². The number of nitrogens with one attached hydrogen (secondary N) is 2. The lowest BCUT2D eigenvalue weighted by atomic mass is 10.0. The second-order valence-electron chi connectivity index (χ2n) is 5.49. The summed E-state index contributed by atoms with van der Waals surface area (Å²) in [6, 6.07) is 10.8. The van der Waals surface area contributed by atoms with Gasteiger partial charge in [0, 0.05) is 18.2 Å². The van der Waals surface area contributed by atoms with E-state index >= 15 is 0 Å². The summed E-state index contributed by atoms with van der Waals surface area (Å²) in [5.41, 5.74) is 3.07. The topological polar surface area (TPSA) is 53.6 Å². The van der Waals surface area contributed by atoms with Crippen LogP contribution in [0, 0.1) is 0 Å². The van der Waals surface area contributed by atoms with Crippen molar-refractivity contribution in [2.75, 3.05) is 0 Å². The molecule has 4 nitrogen and oxygen atoms in total. The fraction of sp³-hybridized carbons (Fsp3) is 0.529. The number of benzene rings is 1. The number of rotatable bonds is 9. The summed E-state index contributed by atoms with van der Waals surface area (Å²) in [6.45, 7) is 5.26. The summed E-state index contributed by atoms with van der Waals surface area (Å²) < 4.78 is 0. The highest BCUT2D eigenvalue weighted by Crippen LogP contribution is 2.19. The van der Waals surface area contributed by atoms with Gasteiger partial charge in [-0.25, -0.2) is 0 Å². The van der Waals surface area contributed by atoms with E-state index in [1.807, 2.05) is 18.2 Å². The molecular formula is C17H26N4. The lowest BCUT2D eigenvalue weighted by molar-refractivity contribution is 0.432. The Hall–Kier alpha value is -1.68. The molecule has 1 unspecified atom stereocenters. The van der Waals surface area contributed by atoms with E-state index in [9.17, 15) is 0 Å². The van der Waals surface area contributed by atoms with Gasteiger partial charge in [-0.15, -0.1) is 0 Å². The average molecular weight is 286 g/mol. The molecule has 0 amide bonds. The molecule has 2 rings (SSSR count). The molecule has 1 aromatic heterocycles. The third-order valence-electron chi connectivity index (χ3n) is 3.77. The first-order valence-electron chi connectivity index (χ1n) is 8.03. The zero-order chi connectivity index (χ0) is 14.9. The minimum absolute atomic E-state index is 0.579. The maximum absolute atomic E-state index is 4.31. The first-order chi connectivity index (χ1) is 10.3. The van der Waals surface area contributed by atoms with Gasteiger partial charge in [-0.1, -0.05) is 63.4 Å². The number of H-pyrrole nitrogens is 1. The van der Waals surface area contributed by atoms with E-state index < -0.39 is 0 Å². The quantitative estimate of drug-likeness (QED) is 0.734. The molecule has 0 saturated carbocycles. The molecule has 1 aromatic carbocycles. The van der Waals surface area contributed by atoms with Gasteiger partial charge in [0.25, 0.3) is 0 Å². The van der Waals surface area contributed by atoms with Crippen LogP contribution in [0.15, 0.2) is 30.3 Å². The lowest BCUT2D eigenvalue weighted by Gasteiger charge is -2.17. The van der Waals surface area contributed by atoms with Gasteiger partial charge in [0.15, 0.2) is 0 Å². The summed E-state index contributed by atoms with van der Waals surface area (Å²) in [5, 5.41) is 15.0. The zero-order valence-electron chi connectivity index (χ0n) is 13.1. The Bertz CT molecular complexity index is 507. The summed E-state index contributed by atoms with van der Waals surface area (Å²) in [5.74, 6) is 0. The van der Waals surface area contributed by atoms with Gasteiger partial charge in [-0.05, 0) is 12.8 Å². The Labute approximate surface area is 127 Å². The number of hydrogen-bond donors (Lipinski definition) is 2. The number of unbranched alkanes of at least 4 members (excludes halogenated alkanes) is 1. The van der Waals surface area contributed by atoms with Crippen LogP contribution in [0.2, 0.25) is 0 Å². The second-order valence-corrected chi connectivity index (χ2v) is 5.49. The molecule has 2 N–H and O–H groups in total. The Kier molecular flexibility index (Phi) is 6.41. The summed E-state index contributed by atoms with van der Waals surface area (Å²) >= 11 is 0. The van der Waals surface area contributed by atoms with E-state index in [1.165, 1.54) is 32.1 Å². The van der Waals surface area contributed by atoms with Crippen LogP contribution in [-0.4, -0.2) is 21.5 Å². The van der Waals surface area contributed by atoms with Gasteiger partial charge in [0.05, 0.1) is 0 Å². The number of aromatic nitrogens is 3. The van der Waals surface area contributed by atoms with Gasteiger partial charge in [0.1, 0.15) is 11.4 Å². The van der Waals surface area contributed by atoms with Crippen molar-refractivity contribution in [3.63, 3.8) is 0 Å². The highest BCUT2D eigenvalue weighted by atomic mass is 15.3. The summed E-state index contributed by atoms with van der Waals surface area (Å²) in [6.07, 6.45) is 6.20. The molecular weight excluding hydrogens is 260 g/mol. The lowest BCUT2D eigenvalue weighted by Crippen LogP contribution is -2.28. The minimum atomic E-state index is 0.579. The fourth-order valence-electron chi connectivity index (χ4n) is 2.59. The summed E-state index contributed by atoms with van der Waals surface area (Å²) in [4.78, 5) is 0. The third-order valence-corrected chi connectivity index (χ3v) is 3.77. The highest BCUT2D eigenvalue weighted by molar-refractivity contribution is 5.60. The molecule has 0 saturated heterocycles. The molecule has 1 atom stereocenters. The van der Waals surface area contributed by atoms with Crippen LogP contribution in [0.4, 0.5) is 0 Å². The molecule has 0 radical (unpaired) electrons. The fourth-order valence-corrected chi connectivity index (χ4v) is 2.59. The Morgan fingerprint density at radius 3 is 2.57 bits per heavy atom. The number of aromatic amines is 1. The maximum Gasteiger partial charge on any atom is 0.117 e. The Morgan fingerprint density at radius 2 is 1.86 bits per heavy atom. The molecule has 0 aliphatic rings. The van der Waals surface area contributed by atoms with Crippen LogP contribution in [0.3, 0.4) is 0 Å². The SMILES string of the molecule is CCCCC(CCC)NCc1n[nH]nc1-c1ccccc1. The van der Waals surface area contributed by atoms with E-state index in [2.05, 4.69) is 46.7 Å². The van der Waals surface area contributed by atoms with E-state index in [-0.39, 0.29) is 0 Å². The van der Waals surface area contributed by atoms with Crippen molar-refractivity contribution >= 4 is 0 Å². The number of nitrogens with zero attached hydrogens (tertiary/aromatic N) is 2.